The second-order valence-corrected chi connectivity index (χ2v) is 7.45. The monoisotopic (exact) mass is 366 g/mol. The molecule has 0 unspecified atom stereocenters. The fourth-order valence-corrected chi connectivity index (χ4v) is 4.59. The number of aryl methyl sites for hydroxylation is 3. The van der Waals surface area contributed by atoms with E-state index in [1.807, 2.05) is 6.92 Å². The summed E-state index contributed by atoms with van der Waals surface area (Å²) in [6.45, 7) is 8.41. The minimum absolute atomic E-state index is 0.129. The van der Waals surface area contributed by atoms with Crippen molar-refractivity contribution in [3.8, 4) is 0 Å². The fourth-order valence-electron chi connectivity index (χ4n) is 3.32. The fraction of sp³-hybridized carbons (Fsp3) is 0.273. The van der Waals surface area contributed by atoms with Gasteiger partial charge in [0.15, 0.2) is 5.76 Å². The number of Topliss-reactive ketones (excluding diaryl/α,β-unsaturated/α-hetero) is 2. The summed E-state index contributed by atoms with van der Waals surface area (Å²) in [5.74, 6) is 0.479. The van der Waals surface area contributed by atoms with Gasteiger partial charge in [-0.05, 0) is 44.4 Å². The Morgan fingerprint density at radius 1 is 0.923 bits per heavy atom. The molecule has 0 saturated heterocycles. The smallest absolute Gasteiger partial charge is 0.229 e. The van der Waals surface area contributed by atoms with Crippen LogP contribution in [-0.4, -0.2) is 18.2 Å². The lowest BCUT2D eigenvalue weighted by Gasteiger charge is -2.21. The van der Waals surface area contributed by atoms with Crippen LogP contribution < -0.4 is 0 Å². The van der Waals surface area contributed by atoms with Crippen molar-refractivity contribution in [3.63, 3.8) is 0 Å². The molecule has 0 aromatic heterocycles. The molecule has 134 valence electrons. The van der Waals surface area contributed by atoms with E-state index >= 15 is 0 Å². The van der Waals surface area contributed by atoms with E-state index in [1.54, 1.807) is 24.3 Å². The van der Waals surface area contributed by atoms with Crippen LogP contribution in [-0.2, 0) is 10.5 Å². The average Bonchev–Trinajstić information content (AvgIpc) is 2.60. The van der Waals surface area contributed by atoms with Gasteiger partial charge in [-0.25, -0.2) is 0 Å². The first kappa shape index (κ1) is 18.5. The molecule has 0 fully saturated rings. The molecule has 0 spiro atoms. The largest absolute Gasteiger partial charge is 0.488 e. The highest BCUT2D eigenvalue weighted by molar-refractivity contribution is 8.03. The molecule has 3 rings (SSSR count). The predicted octanol–water partition coefficient (Wildman–Crippen LogP) is 5.17. The maximum atomic E-state index is 13.0. The highest BCUT2D eigenvalue weighted by Crippen LogP contribution is 2.36. The number of thioether (sulfide) groups is 1. The molecule has 0 N–H and O–H groups in total. The Morgan fingerprint density at radius 3 is 2.08 bits per heavy atom. The molecule has 0 saturated carbocycles. The molecule has 0 aliphatic heterocycles. The molecule has 0 bridgehead atoms. The highest BCUT2D eigenvalue weighted by Gasteiger charge is 2.33. The molecule has 2 aromatic carbocycles. The predicted molar refractivity (Wildman–Crippen MR) is 106 cm³/mol. The van der Waals surface area contributed by atoms with Gasteiger partial charge in [0.25, 0.3) is 0 Å². The molecule has 0 heterocycles. The van der Waals surface area contributed by atoms with Crippen LogP contribution in [0.3, 0.4) is 0 Å². The average molecular weight is 366 g/mol. The summed E-state index contributed by atoms with van der Waals surface area (Å²) in [5, 5.41) is 0. The van der Waals surface area contributed by atoms with Gasteiger partial charge in [0, 0.05) is 16.9 Å². The Labute approximate surface area is 158 Å². The lowest BCUT2D eigenvalue weighted by atomic mass is 9.93. The molecule has 26 heavy (non-hydrogen) atoms. The maximum absolute atomic E-state index is 13.0. The SMILES string of the molecule is CCOC1=C(SCc2c(C)cc(C)cc2C)C(=O)c2ccccc2C1=O. The van der Waals surface area contributed by atoms with Crippen LogP contribution in [0.15, 0.2) is 47.1 Å². The Kier molecular flexibility index (Phi) is 5.33. The van der Waals surface area contributed by atoms with Crippen LogP contribution in [0.1, 0.15) is 49.9 Å². The number of ketones is 2. The lowest BCUT2D eigenvalue weighted by Crippen LogP contribution is -2.22. The van der Waals surface area contributed by atoms with Gasteiger partial charge in [0.1, 0.15) is 4.91 Å². The summed E-state index contributed by atoms with van der Waals surface area (Å²) in [6.07, 6.45) is 0. The Morgan fingerprint density at radius 2 is 1.50 bits per heavy atom. The summed E-state index contributed by atoms with van der Waals surface area (Å²) in [5.41, 5.74) is 5.70. The minimum atomic E-state index is -0.207. The van der Waals surface area contributed by atoms with Crippen LogP contribution in [0, 0.1) is 20.8 Å². The number of rotatable bonds is 5. The number of carbonyl (C=O) groups excluding carboxylic acids is 2. The molecule has 0 atom stereocenters. The summed E-state index contributed by atoms with van der Waals surface area (Å²) in [4.78, 5) is 26.2. The second-order valence-electron chi connectivity index (χ2n) is 6.46. The molecule has 2 aromatic rings. The molecular weight excluding hydrogens is 344 g/mol. The number of hydrogen-bond acceptors (Lipinski definition) is 4. The van der Waals surface area contributed by atoms with Gasteiger partial charge >= 0.3 is 0 Å². The van der Waals surface area contributed by atoms with E-state index in [0.717, 1.165) is 0 Å². The standard InChI is InChI=1S/C22H22O3S/c1-5-25-21-19(23)16-8-6-7-9-17(16)20(24)22(21)26-12-18-14(3)10-13(2)11-15(18)4/h6-11H,5,12H2,1-4H3. The first-order chi connectivity index (χ1) is 12.4. The molecule has 0 amide bonds. The third kappa shape index (κ3) is 3.34. The molecule has 1 aliphatic rings. The summed E-state index contributed by atoms with van der Waals surface area (Å²) in [7, 11) is 0. The Balaban J connectivity index is 1.98. The van der Waals surface area contributed by atoms with Crippen LogP contribution >= 0.6 is 11.8 Å². The Hall–Kier alpha value is -2.33. The molecular formula is C22H22O3S. The zero-order valence-electron chi connectivity index (χ0n) is 15.5. The number of benzene rings is 2. The van der Waals surface area contributed by atoms with Gasteiger partial charge in [-0.2, -0.15) is 0 Å². The normalized spacial score (nSPS) is 13.8. The van der Waals surface area contributed by atoms with Crippen LogP contribution in [0.2, 0.25) is 0 Å². The van der Waals surface area contributed by atoms with Gasteiger partial charge in [0.2, 0.25) is 11.6 Å². The van der Waals surface area contributed by atoms with Crippen molar-refractivity contribution >= 4 is 23.3 Å². The lowest BCUT2D eigenvalue weighted by molar-refractivity contribution is 0.0888. The van der Waals surface area contributed by atoms with E-state index < -0.39 is 0 Å². The van der Waals surface area contributed by atoms with Gasteiger partial charge in [-0.15, -0.1) is 11.8 Å². The second kappa shape index (κ2) is 7.50. The molecule has 0 radical (unpaired) electrons. The maximum Gasteiger partial charge on any atom is 0.229 e. The minimum Gasteiger partial charge on any atom is -0.488 e. The topological polar surface area (TPSA) is 43.4 Å². The van der Waals surface area contributed by atoms with Crippen LogP contribution in [0.5, 0.6) is 0 Å². The van der Waals surface area contributed by atoms with Crippen LogP contribution in [0.25, 0.3) is 0 Å². The number of fused-ring (bicyclic) bond motifs is 1. The molecule has 3 nitrogen and oxygen atoms in total. The van der Waals surface area contributed by atoms with Crippen molar-refractivity contribution in [1.82, 2.24) is 0 Å². The van der Waals surface area contributed by atoms with Gasteiger partial charge in [-0.1, -0.05) is 42.0 Å². The van der Waals surface area contributed by atoms with Gasteiger partial charge in [-0.3, -0.25) is 9.59 Å². The zero-order valence-corrected chi connectivity index (χ0v) is 16.3. The van der Waals surface area contributed by atoms with Crippen molar-refractivity contribution in [2.24, 2.45) is 0 Å². The third-order valence-electron chi connectivity index (χ3n) is 4.52. The van der Waals surface area contributed by atoms with E-state index in [9.17, 15) is 9.59 Å². The Bertz CT molecular complexity index is 902. The molecule has 4 heteroatoms. The number of hydrogen-bond donors (Lipinski definition) is 0. The zero-order chi connectivity index (χ0) is 18.8. The van der Waals surface area contributed by atoms with Crippen molar-refractivity contribution in [1.29, 1.82) is 0 Å². The van der Waals surface area contributed by atoms with E-state index in [4.69, 9.17) is 4.74 Å². The third-order valence-corrected chi connectivity index (χ3v) is 5.62. The number of ether oxygens (including phenoxy) is 1. The van der Waals surface area contributed by atoms with E-state index in [2.05, 4.69) is 32.9 Å². The first-order valence-corrected chi connectivity index (χ1v) is 9.67. The quantitative estimate of drug-likeness (QED) is 0.732. The van der Waals surface area contributed by atoms with Gasteiger partial charge in [0.05, 0.1) is 6.61 Å². The van der Waals surface area contributed by atoms with Crippen molar-refractivity contribution in [2.45, 2.75) is 33.4 Å². The number of carbonyl (C=O) groups is 2. The summed E-state index contributed by atoms with van der Waals surface area (Å²) < 4.78 is 5.59. The summed E-state index contributed by atoms with van der Waals surface area (Å²) in [6, 6.07) is 11.2. The van der Waals surface area contributed by atoms with Crippen molar-refractivity contribution in [3.05, 3.63) is 80.4 Å². The van der Waals surface area contributed by atoms with E-state index in [-0.39, 0.29) is 17.3 Å². The summed E-state index contributed by atoms with van der Waals surface area (Å²) >= 11 is 1.39. The highest BCUT2D eigenvalue weighted by atomic mass is 32.2. The van der Waals surface area contributed by atoms with Crippen molar-refractivity contribution in [2.75, 3.05) is 6.61 Å². The number of allylic oxidation sites excluding steroid dienone is 2. The van der Waals surface area contributed by atoms with E-state index in [0.29, 0.717) is 28.4 Å². The first-order valence-electron chi connectivity index (χ1n) is 8.69. The van der Waals surface area contributed by atoms with Gasteiger partial charge < -0.3 is 4.74 Å². The van der Waals surface area contributed by atoms with E-state index in [1.165, 1.54) is 34.0 Å². The van der Waals surface area contributed by atoms with Crippen molar-refractivity contribution < 1.29 is 14.3 Å². The van der Waals surface area contributed by atoms with Crippen LogP contribution in [0.4, 0.5) is 0 Å². The molecule has 1 aliphatic carbocycles.